The molecule has 10 aromatic rings. The van der Waals surface area contributed by atoms with Crippen LogP contribution in [0.15, 0.2) is 85.7 Å². The molecule has 25 heteroatoms. The number of aryl methyl sites for hydroxylation is 2. The molecule has 0 saturated carbocycles. The lowest BCUT2D eigenvalue weighted by molar-refractivity contribution is 0.103. The van der Waals surface area contributed by atoms with Crippen molar-refractivity contribution in [1.29, 1.82) is 21.0 Å². The van der Waals surface area contributed by atoms with Gasteiger partial charge in [0.05, 0.1) is 127 Å². The fourth-order valence-electron chi connectivity index (χ4n) is 12.0. The van der Waals surface area contributed by atoms with Crippen LogP contribution >= 0.6 is 79.4 Å². The molecule has 15 rings (SSSR count). The Morgan fingerprint density at radius 2 is 1.06 bits per heavy atom. The van der Waals surface area contributed by atoms with Crippen molar-refractivity contribution in [2.24, 2.45) is 8.73 Å². The number of methoxy groups -OCH3 is 1. The number of rotatable bonds is 7. The van der Waals surface area contributed by atoms with E-state index in [1.54, 1.807) is 82.0 Å². The Morgan fingerprint density at radius 1 is 0.553 bits per heavy atom. The van der Waals surface area contributed by atoms with Gasteiger partial charge in [0, 0.05) is 71.3 Å². The van der Waals surface area contributed by atoms with E-state index in [9.17, 15) is 30.6 Å². The monoisotopic (exact) mass is 1360 g/mol. The number of nitrogens with zero attached hydrogens (tertiary/aromatic N) is 12. The minimum Gasteiger partial charge on any atom is -0.495 e. The molecule has 0 saturated heterocycles. The number of allylic oxidation sites excluding steroid dienone is 6. The average Bonchev–Trinajstić information content (AvgIpc) is 1.58. The predicted octanol–water partition coefficient (Wildman–Crippen LogP) is 20.7. The Hall–Kier alpha value is -10.9. The van der Waals surface area contributed by atoms with Crippen LogP contribution in [0.3, 0.4) is 0 Å². The van der Waals surface area contributed by atoms with Gasteiger partial charge in [0.15, 0.2) is 22.9 Å². The summed E-state index contributed by atoms with van der Waals surface area (Å²) in [4.78, 5) is 64.9. The maximum Gasteiger partial charge on any atom is 0.270 e. The third-order valence-corrected chi connectivity index (χ3v) is 25.9. The molecular weight excluding hydrogens is 1330 g/mol. The lowest BCUT2D eigenvalue weighted by atomic mass is 9.95. The molecule has 0 radical (unpaired) electrons. The summed E-state index contributed by atoms with van der Waals surface area (Å²) < 4.78 is 29.5. The summed E-state index contributed by atoms with van der Waals surface area (Å²) in [7, 11) is 1.56. The molecule has 3 aliphatic heterocycles. The molecule has 0 N–H and O–H groups in total. The second-order valence-corrected chi connectivity index (χ2v) is 30.5. The van der Waals surface area contributed by atoms with Gasteiger partial charge in [-0.15, -0.1) is 79.4 Å². The molecule has 8 aromatic heterocycles. The molecule has 0 atom stereocenters. The highest BCUT2D eigenvalue weighted by molar-refractivity contribution is 7.58. The third kappa shape index (κ3) is 8.81. The number of carbonyl (C=O) groups excluding carboxylic acids is 2. The van der Waals surface area contributed by atoms with E-state index in [4.69, 9.17) is 59.2 Å². The molecule has 0 amide bonds. The normalized spacial score (nSPS) is 15.9. The van der Waals surface area contributed by atoms with Gasteiger partial charge < -0.3 is 14.2 Å². The molecule has 17 nitrogen and oxygen atoms in total. The van der Waals surface area contributed by atoms with Crippen LogP contribution in [0, 0.1) is 85.5 Å². The van der Waals surface area contributed by atoms with Crippen LogP contribution in [-0.4, -0.2) is 28.6 Å². The van der Waals surface area contributed by atoms with E-state index in [-0.39, 0.29) is 78.4 Å². The molecular formula is C69H32N12O5S8. The first-order valence-electron chi connectivity index (χ1n) is 27.9. The number of Topliss-reactive ketones (excluding diaryl/α,β-unsaturated/α-hetero) is 2. The van der Waals surface area contributed by atoms with E-state index >= 15 is 0 Å². The summed E-state index contributed by atoms with van der Waals surface area (Å²) in [6.45, 7) is 42.9. The quantitative estimate of drug-likeness (QED) is 0.0828. The zero-order valence-electron chi connectivity index (χ0n) is 49.5. The van der Waals surface area contributed by atoms with Gasteiger partial charge >= 0.3 is 0 Å². The van der Waals surface area contributed by atoms with E-state index in [2.05, 4.69) is 45.4 Å². The summed E-state index contributed by atoms with van der Waals surface area (Å²) in [6, 6.07) is 23.5. The van der Waals surface area contributed by atoms with Crippen LogP contribution in [0.4, 0.5) is 28.4 Å². The second-order valence-electron chi connectivity index (χ2n) is 22.6. The second kappa shape index (κ2) is 21.6. The summed E-state index contributed by atoms with van der Waals surface area (Å²) in [6.07, 6.45) is 3.27. The number of benzene rings is 2. The van der Waals surface area contributed by atoms with Crippen molar-refractivity contribution in [2.45, 2.75) is 52.7 Å². The Morgan fingerprint density at radius 3 is 1.60 bits per heavy atom. The van der Waals surface area contributed by atoms with Gasteiger partial charge in [0.1, 0.15) is 68.6 Å². The first kappa shape index (κ1) is 59.4. The number of aromatic nitrogens is 2. The molecule has 94 heavy (non-hydrogen) atoms. The number of nitriles is 4. The van der Waals surface area contributed by atoms with Gasteiger partial charge in [-0.1, -0.05) is 12.1 Å². The summed E-state index contributed by atoms with van der Waals surface area (Å²) >= 11 is 12.0. The van der Waals surface area contributed by atoms with Crippen LogP contribution in [-0.2, 0) is 22.6 Å². The maximum atomic E-state index is 14.4. The molecule has 0 bridgehead atoms. The van der Waals surface area contributed by atoms with Gasteiger partial charge in [-0.25, -0.2) is 24.9 Å². The summed E-state index contributed by atoms with van der Waals surface area (Å²) in [5.74, 6) is 0.982. The van der Waals surface area contributed by atoms with E-state index in [0.717, 1.165) is 98.1 Å². The SMILES string of the molecule is [C-]#[N+]/C(C#N)=C1/C(=C/c2sc(-c3cc4c(s3)-c3sc(-c5sc(-c6cc7c(s6)-c6sc(-c8sc(/C=C9\C(=O)c%10cc([N+]#[C-])c(C#N)cc%10C9=C(C#N)C#N)cc8OC)cc6OC7(C)C)c6c5N=S=N6)cc3C(C)(C)O4)c3nc(C)c(C)nc23)C(=O)c2cc([N+]#[C-])c([N+]#[C-])cc21. The van der Waals surface area contributed by atoms with Crippen molar-refractivity contribution in [3.8, 4) is 100 Å². The molecule has 0 spiro atoms. The molecule has 5 aliphatic rings. The van der Waals surface area contributed by atoms with Gasteiger partial charge in [0.2, 0.25) is 5.69 Å². The number of carbonyl (C=O) groups is 2. The van der Waals surface area contributed by atoms with Crippen LogP contribution in [0.25, 0.3) is 112 Å². The Bertz CT molecular complexity index is 5880. The Balaban J connectivity index is 0.780. The topological polar surface area (TPSA) is 225 Å². The smallest absolute Gasteiger partial charge is 0.270 e. The van der Waals surface area contributed by atoms with Gasteiger partial charge in [0.25, 0.3) is 5.70 Å². The minimum atomic E-state index is -0.753. The van der Waals surface area contributed by atoms with Crippen LogP contribution in [0.2, 0.25) is 0 Å². The predicted molar refractivity (Wildman–Crippen MR) is 370 cm³/mol. The van der Waals surface area contributed by atoms with E-state index in [0.29, 0.717) is 43.7 Å². The minimum absolute atomic E-state index is 0.00105. The first-order valence-corrected chi connectivity index (χ1v) is 34.4. The standard InChI is InChI=1S/C69H32N12O5S8/c1-27-28(2)79-55-54(78-27)47(18-37-53(43(26-73)77-10)33-15-41(75-8)42(76-9)17-35(33)59(37)83)88-65(55)51-22-46-64(92-51)61-39(69(5,6)86-46)20-49(90-61)67-57-56(80-94-81-57)66(93-67)48-19-38-60(89-48)63-45(85-68(38,3)4)21-50(91-63)62-44(84-11)14-31(87-62)13-36-52(30(24-71)25-72)32-12-29(23-70)40(74-7)16-34(32)58(36)82/h12-22H,1-6,11H3/b36-13-,37-18-,53-43+. The number of fused-ring (bicyclic) bond motifs is 10. The van der Waals surface area contributed by atoms with Crippen LogP contribution in [0.1, 0.15) is 97.4 Å². The molecule has 0 fully saturated rings. The Labute approximate surface area is 566 Å². The lowest BCUT2D eigenvalue weighted by Crippen LogP contribution is -2.27. The first-order chi connectivity index (χ1) is 45.3. The van der Waals surface area contributed by atoms with Gasteiger partial charge in [-0.05, 0) is 95.2 Å². The highest BCUT2D eigenvalue weighted by atomic mass is 32.1. The maximum absolute atomic E-state index is 14.4. The van der Waals surface area contributed by atoms with Gasteiger partial charge in [-0.3, -0.25) is 19.3 Å². The van der Waals surface area contributed by atoms with Crippen molar-refractivity contribution in [3.63, 3.8) is 0 Å². The van der Waals surface area contributed by atoms with Crippen molar-refractivity contribution in [1.82, 2.24) is 9.97 Å². The number of ether oxygens (including phenoxy) is 3. The van der Waals surface area contributed by atoms with Crippen molar-refractivity contribution in [3.05, 3.63) is 183 Å². The third-order valence-electron chi connectivity index (χ3n) is 16.5. The highest BCUT2D eigenvalue weighted by Gasteiger charge is 2.42. The van der Waals surface area contributed by atoms with Gasteiger partial charge in [-0.2, -0.15) is 24.5 Å². The highest BCUT2D eigenvalue weighted by Crippen LogP contribution is 2.64. The molecule has 446 valence electrons. The zero-order chi connectivity index (χ0) is 65.7. The largest absolute Gasteiger partial charge is 0.495 e. The molecule has 2 aromatic carbocycles. The molecule has 0 unspecified atom stereocenters. The number of hydrogen-bond donors (Lipinski definition) is 0. The van der Waals surface area contributed by atoms with Crippen molar-refractivity contribution < 1.29 is 23.8 Å². The summed E-state index contributed by atoms with van der Waals surface area (Å²) in [5, 5.41) is 40.1. The Kier molecular flexibility index (Phi) is 13.7. The number of ketones is 2. The fraction of sp³-hybridized carbons (Fsp3) is 0.130. The van der Waals surface area contributed by atoms with Crippen molar-refractivity contribution in [2.75, 3.05) is 7.11 Å². The fourth-order valence-corrected chi connectivity index (χ4v) is 21.6. The zero-order valence-corrected chi connectivity index (χ0v) is 56.1. The van der Waals surface area contributed by atoms with E-state index < -0.39 is 22.8 Å². The van der Waals surface area contributed by atoms with Crippen LogP contribution in [0.5, 0.6) is 17.2 Å². The number of hydrogen-bond acceptors (Lipinski definition) is 20. The summed E-state index contributed by atoms with van der Waals surface area (Å²) in [5.41, 5.74) is 5.24. The number of thiophene rings is 7. The van der Waals surface area contributed by atoms with E-state index in [1.807, 2.05) is 64.1 Å². The lowest BCUT2D eigenvalue weighted by Gasteiger charge is -2.31. The van der Waals surface area contributed by atoms with Crippen LogP contribution < -0.4 is 14.2 Å². The molecule has 11 heterocycles. The van der Waals surface area contributed by atoms with Crippen molar-refractivity contribution >= 4 is 165 Å². The van der Waals surface area contributed by atoms with E-state index in [1.165, 1.54) is 46.9 Å². The average molecular weight is 1370 g/mol. The molecule has 2 aliphatic carbocycles.